The largest absolute Gasteiger partial charge is 2.00 e. The molecule has 0 aromatic carbocycles. The molecule has 1 heteroatoms. The van der Waals surface area contributed by atoms with Gasteiger partial charge in [0.25, 0.3) is 0 Å². The van der Waals surface area contributed by atoms with Crippen LogP contribution in [0.15, 0.2) is 0 Å². The van der Waals surface area contributed by atoms with Gasteiger partial charge in [0.05, 0.1) is 0 Å². The first kappa shape index (κ1) is 25.6. The number of hydrogen-bond donors (Lipinski definition) is 0. The van der Waals surface area contributed by atoms with E-state index in [4.69, 9.17) is 0 Å². The van der Waals surface area contributed by atoms with Crippen LogP contribution in [0.5, 0.6) is 0 Å². The predicted molar refractivity (Wildman–Crippen MR) is 34.2 cm³/mol. The van der Waals surface area contributed by atoms with Gasteiger partial charge in [-0.25, -0.2) is 0 Å². The Balaban J connectivity index is -0.00000000667. The first-order valence-corrected chi connectivity index (χ1v) is 1.21. The van der Waals surface area contributed by atoms with E-state index < -0.39 is 0 Å². The minimum Gasteiger partial charge on any atom is -0.358 e. The van der Waals surface area contributed by atoms with Gasteiger partial charge in [0.2, 0.25) is 0 Å². The van der Waals surface area contributed by atoms with Crippen LogP contribution in [-0.2, 0) is 0 Å². The van der Waals surface area contributed by atoms with E-state index in [1.54, 1.807) is 0 Å². The molecule has 0 unspecified atom stereocenters. The van der Waals surface area contributed by atoms with Crippen LogP contribution >= 0.6 is 0 Å². The second-order valence-corrected chi connectivity index (χ2v) is 0.500. The van der Waals surface area contributed by atoms with E-state index in [0.717, 1.165) is 6.42 Å². The maximum absolute atomic E-state index is 3.49. The molecule has 0 saturated heterocycles. The Bertz CT molecular complexity index is 3.90. The Morgan fingerprint density at radius 1 is 1.33 bits per heavy atom. The molecule has 0 aromatic rings. The molecule has 0 heterocycles. The van der Waals surface area contributed by atoms with Gasteiger partial charge in [0, 0.05) is 0 Å². The molecule has 0 spiro atoms. The molecule has 0 rings (SSSR count). The first-order chi connectivity index (χ1) is 1.41. The van der Waals surface area contributed by atoms with Gasteiger partial charge in [-0.05, 0) is 0 Å². The Labute approximate surface area is 82.8 Å². The molecular formula is C5H13Ba-. The summed E-state index contributed by atoms with van der Waals surface area (Å²) in [4.78, 5) is 0. The van der Waals surface area contributed by atoms with Crippen molar-refractivity contribution in [3.8, 4) is 0 Å². The fourth-order valence-electron chi connectivity index (χ4n) is 0. The fraction of sp³-hybridized carbons (Fsp3) is 0.400. The Morgan fingerprint density at radius 3 is 1.33 bits per heavy atom. The molecule has 0 aliphatic rings. The fourth-order valence-corrected chi connectivity index (χ4v) is 0. The van der Waals surface area contributed by atoms with Gasteiger partial charge < -0.3 is 21.8 Å². The van der Waals surface area contributed by atoms with Crippen LogP contribution in [0.2, 0.25) is 0 Å². The molecule has 0 bridgehead atoms. The number of rotatable bonds is 0. The van der Waals surface area contributed by atoms with Gasteiger partial charge in [-0.15, -0.1) is 0 Å². The van der Waals surface area contributed by atoms with E-state index in [1.165, 1.54) is 0 Å². The molecule has 0 aliphatic heterocycles. The van der Waals surface area contributed by atoms with E-state index in [2.05, 4.69) is 6.92 Å². The zero-order chi connectivity index (χ0) is 2.71. The molecule has 0 nitrogen and oxygen atoms in total. The summed E-state index contributed by atoms with van der Waals surface area (Å²) in [6, 6.07) is 0. The van der Waals surface area contributed by atoms with Crippen LogP contribution in [0.4, 0.5) is 0 Å². The molecule has 0 saturated carbocycles. The predicted octanol–water partition coefficient (Wildman–Crippen LogP) is 1.75. The van der Waals surface area contributed by atoms with E-state index >= 15 is 0 Å². The standard InChI is InChI=1S/C3H7.2CH3.Ba/c1-3-2;;;/h1,3H2,2H3;2*1H3;/q3*-1;+2. The normalized spacial score (nSPS) is 3.00. The van der Waals surface area contributed by atoms with Gasteiger partial charge >= 0.3 is 48.9 Å². The zero-order valence-electron chi connectivity index (χ0n) is 5.12. The Kier molecular flexibility index (Phi) is 132. The van der Waals surface area contributed by atoms with Crippen LogP contribution in [0, 0.1) is 21.8 Å². The van der Waals surface area contributed by atoms with E-state index in [0.29, 0.717) is 0 Å². The maximum Gasteiger partial charge on any atom is 2.00 e. The summed E-state index contributed by atoms with van der Waals surface area (Å²) < 4.78 is 0. The summed E-state index contributed by atoms with van der Waals surface area (Å²) in [6.45, 7) is 5.50. The van der Waals surface area contributed by atoms with Crippen molar-refractivity contribution in [2.75, 3.05) is 0 Å². The van der Waals surface area contributed by atoms with Crippen LogP contribution in [0.3, 0.4) is 0 Å². The summed E-state index contributed by atoms with van der Waals surface area (Å²) in [5.41, 5.74) is 0. The molecule has 0 atom stereocenters. The van der Waals surface area contributed by atoms with Crippen molar-refractivity contribution in [1.29, 1.82) is 0 Å². The third kappa shape index (κ3) is 47.1. The van der Waals surface area contributed by atoms with Crippen molar-refractivity contribution < 1.29 is 0 Å². The molecular weight excluding hydrogens is 197 g/mol. The summed E-state index contributed by atoms with van der Waals surface area (Å²) >= 11 is 0. The quantitative estimate of drug-likeness (QED) is 0.422. The summed E-state index contributed by atoms with van der Waals surface area (Å²) in [7, 11) is 0. The third-order valence-electron chi connectivity index (χ3n) is 0. The second kappa shape index (κ2) is 30.8. The SMILES string of the molecule is [Ba+2].[CH2-]CC.[CH3-].[CH3-]. The molecule has 6 heavy (non-hydrogen) atoms. The summed E-state index contributed by atoms with van der Waals surface area (Å²) in [6.07, 6.45) is 1.00. The average molecular weight is 210 g/mol. The summed E-state index contributed by atoms with van der Waals surface area (Å²) in [5, 5.41) is 0. The number of hydrogen-bond acceptors (Lipinski definition) is 0. The maximum atomic E-state index is 3.49. The van der Waals surface area contributed by atoms with Gasteiger partial charge in [0.15, 0.2) is 0 Å². The van der Waals surface area contributed by atoms with Crippen molar-refractivity contribution in [2.45, 2.75) is 13.3 Å². The molecule has 0 amide bonds. The molecule has 36 valence electrons. The minimum atomic E-state index is 0. The van der Waals surface area contributed by atoms with E-state index in [9.17, 15) is 0 Å². The Morgan fingerprint density at radius 2 is 1.33 bits per heavy atom. The minimum absolute atomic E-state index is 0. The second-order valence-electron chi connectivity index (χ2n) is 0.500. The topological polar surface area (TPSA) is 0 Å². The van der Waals surface area contributed by atoms with Gasteiger partial charge in [0.1, 0.15) is 0 Å². The smallest absolute Gasteiger partial charge is 0.358 e. The van der Waals surface area contributed by atoms with Crippen LogP contribution < -0.4 is 0 Å². The summed E-state index contributed by atoms with van der Waals surface area (Å²) in [5.74, 6) is 0. The van der Waals surface area contributed by atoms with Crippen LogP contribution in [0.25, 0.3) is 0 Å². The van der Waals surface area contributed by atoms with Crippen molar-refractivity contribution in [2.24, 2.45) is 0 Å². The van der Waals surface area contributed by atoms with Gasteiger partial charge in [-0.3, -0.25) is 0 Å². The van der Waals surface area contributed by atoms with Gasteiger partial charge in [-0.2, -0.15) is 6.42 Å². The van der Waals surface area contributed by atoms with Crippen molar-refractivity contribution in [3.05, 3.63) is 21.8 Å². The Hall–Kier alpha value is 1.57. The van der Waals surface area contributed by atoms with Crippen molar-refractivity contribution in [3.63, 3.8) is 0 Å². The van der Waals surface area contributed by atoms with E-state index in [1.807, 2.05) is 6.92 Å². The van der Waals surface area contributed by atoms with Crippen LogP contribution in [0.1, 0.15) is 13.3 Å². The van der Waals surface area contributed by atoms with Gasteiger partial charge in [-0.1, -0.05) is 6.92 Å². The van der Waals surface area contributed by atoms with E-state index in [-0.39, 0.29) is 63.7 Å². The molecule has 0 radical (unpaired) electrons. The first-order valence-electron chi connectivity index (χ1n) is 1.21. The monoisotopic (exact) mass is 211 g/mol. The molecule has 0 aliphatic carbocycles. The van der Waals surface area contributed by atoms with Crippen LogP contribution in [-0.4, -0.2) is 48.9 Å². The zero-order valence-corrected chi connectivity index (χ0v) is 9.56. The van der Waals surface area contributed by atoms with Crippen molar-refractivity contribution >= 4 is 48.9 Å². The molecule has 0 aromatic heterocycles. The third-order valence-corrected chi connectivity index (χ3v) is 0. The molecule has 0 fully saturated rings. The average Bonchev–Trinajstić information content (AvgIpc) is 0.918. The van der Waals surface area contributed by atoms with Crippen molar-refractivity contribution in [1.82, 2.24) is 0 Å². The molecule has 0 N–H and O–H groups in total.